The van der Waals surface area contributed by atoms with Gasteiger partial charge in [0.2, 0.25) is 0 Å². The Kier molecular flexibility index (Phi) is 5.89. The molecule has 0 aliphatic carbocycles. The lowest BCUT2D eigenvalue weighted by molar-refractivity contribution is -0.119. The third-order valence-electron chi connectivity index (χ3n) is 5.02. The predicted molar refractivity (Wildman–Crippen MR) is 111 cm³/mol. The van der Waals surface area contributed by atoms with Crippen molar-refractivity contribution in [2.24, 2.45) is 0 Å². The van der Waals surface area contributed by atoms with E-state index >= 15 is 0 Å². The van der Waals surface area contributed by atoms with E-state index < -0.39 is 0 Å². The lowest BCUT2D eigenvalue weighted by Gasteiger charge is -2.29. The van der Waals surface area contributed by atoms with E-state index in [4.69, 9.17) is 4.74 Å². The molecule has 1 aromatic carbocycles. The molecule has 1 aliphatic rings. The maximum absolute atomic E-state index is 14.1. The number of aromatic nitrogens is 3. The number of thiazole rings is 1. The number of carbonyl (C=O) groups excluding carboxylic acids is 1. The van der Waals surface area contributed by atoms with Crippen molar-refractivity contribution in [2.75, 3.05) is 44.3 Å². The molecule has 1 fully saturated rings. The number of ether oxygens (including phenoxy) is 1. The summed E-state index contributed by atoms with van der Waals surface area (Å²) < 4.78 is 22.0. The summed E-state index contributed by atoms with van der Waals surface area (Å²) in [5.41, 5.74) is 2.11. The number of fused-ring (bicyclic) bond motifs is 1. The van der Waals surface area contributed by atoms with E-state index in [0.29, 0.717) is 37.0 Å². The lowest BCUT2D eigenvalue weighted by atomic mass is 10.3. The van der Waals surface area contributed by atoms with Crippen LogP contribution in [-0.2, 0) is 16.1 Å². The molecule has 0 bridgehead atoms. The molecule has 0 atom stereocenters. The summed E-state index contributed by atoms with van der Waals surface area (Å²) in [6.45, 7) is 8.24. The average molecular weight is 418 g/mol. The van der Waals surface area contributed by atoms with E-state index in [1.807, 2.05) is 26.0 Å². The Labute approximate surface area is 172 Å². The fourth-order valence-corrected chi connectivity index (χ4v) is 4.48. The number of amides is 1. The number of rotatable bonds is 6. The number of nitrogens with zero attached hydrogens (tertiary/aromatic N) is 5. The van der Waals surface area contributed by atoms with Crippen LogP contribution in [0.3, 0.4) is 0 Å². The van der Waals surface area contributed by atoms with Gasteiger partial charge in [-0.3, -0.25) is 19.3 Å². The molecule has 1 aliphatic heterocycles. The van der Waals surface area contributed by atoms with Crippen molar-refractivity contribution in [1.29, 1.82) is 0 Å². The van der Waals surface area contributed by atoms with Gasteiger partial charge in [-0.15, -0.1) is 0 Å². The molecular formula is C20H24FN5O2S. The van der Waals surface area contributed by atoms with Gasteiger partial charge in [-0.2, -0.15) is 5.10 Å². The molecule has 3 aromatic rings. The summed E-state index contributed by atoms with van der Waals surface area (Å²) in [4.78, 5) is 21.6. The van der Waals surface area contributed by atoms with Gasteiger partial charge in [0.1, 0.15) is 17.9 Å². The zero-order valence-electron chi connectivity index (χ0n) is 16.6. The quantitative estimate of drug-likeness (QED) is 0.617. The molecule has 3 heterocycles. The molecule has 9 heteroatoms. The highest BCUT2D eigenvalue weighted by Gasteiger charge is 2.23. The number of carbonyl (C=O) groups is 1. The number of anilines is 1. The number of aryl methyl sites for hydroxylation is 2. The molecule has 0 radical (unpaired) electrons. The van der Waals surface area contributed by atoms with Crippen molar-refractivity contribution in [3.8, 4) is 0 Å². The highest BCUT2D eigenvalue weighted by Crippen LogP contribution is 2.30. The largest absolute Gasteiger partial charge is 0.379 e. The minimum Gasteiger partial charge on any atom is -0.379 e. The minimum atomic E-state index is -0.371. The summed E-state index contributed by atoms with van der Waals surface area (Å²) in [7, 11) is 0. The van der Waals surface area contributed by atoms with Gasteiger partial charge in [-0.1, -0.05) is 17.4 Å². The molecule has 2 aromatic heterocycles. The Morgan fingerprint density at radius 2 is 2.10 bits per heavy atom. The molecule has 0 N–H and O–H groups in total. The maximum atomic E-state index is 14.1. The Morgan fingerprint density at radius 1 is 1.31 bits per heavy atom. The number of para-hydroxylation sites is 1. The van der Waals surface area contributed by atoms with Crippen LogP contribution < -0.4 is 4.90 Å². The van der Waals surface area contributed by atoms with Crippen molar-refractivity contribution >= 4 is 32.6 Å². The Hall–Kier alpha value is -2.36. The topological polar surface area (TPSA) is 63.5 Å². The van der Waals surface area contributed by atoms with E-state index in [-0.39, 0.29) is 18.3 Å². The van der Waals surface area contributed by atoms with Crippen molar-refractivity contribution < 1.29 is 13.9 Å². The summed E-state index contributed by atoms with van der Waals surface area (Å²) >= 11 is 1.34. The first-order valence-corrected chi connectivity index (χ1v) is 10.5. The molecule has 0 spiro atoms. The van der Waals surface area contributed by atoms with Crippen LogP contribution in [-0.4, -0.2) is 65.0 Å². The van der Waals surface area contributed by atoms with Gasteiger partial charge in [-0.05, 0) is 32.0 Å². The van der Waals surface area contributed by atoms with E-state index in [9.17, 15) is 9.18 Å². The van der Waals surface area contributed by atoms with Crippen LogP contribution in [0.1, 0.15) is 11.4 Å². The fraction of sp³-hybridized carbons (Fsp3) is 0.450. The number of hydrogen-bond donors (Lipinski definition) is 0. The average Bonchev–Trinajstić information content (AvgIpc) is 3.26. The van der Waals surface area contributed by atoms with Gasteiger partial charge >= 0.3 is 0 Å². The monoisotopic (exact) mass is 417 g/mol. The summed E-state index contributed by atoms with van der Waals surface area (Å²) in [5, 5.41) is 4.92. The van der Waals surface area contributed by atoms with Crippen LogP contribution in [0.15, 0.2) is 24.3 Å². The number of morpholine rings is 1. The number of benzene rings is 1. The normalized spacial score (nSPS) is 15.1. The molecule has 1 saturated heterocycles. The second kappa shape index (κ2) is 8.56. The number of halogens is 1. The smallest absolute Gasteiger partial charge is 0.250 e. The van der Waals surface area contributed by atoms with E-state index in [1.165, 1.54) is 17.4 Å². The van der Waals surface area contributed by atoms with Crippen LogP contribution in [0.25, 0.3) is 10.2 Å². The van der Waals surface area contributed by atoms with Crippen molar-refractivity contribution in [3.05, 3.63) is 41.5 Å². The highest BCUT2D eigenvalue weighted by atomic mass is 32.1. The van der Waals surface area contributed by atoms with Gasteiger partial charge in [0.15, 0.2) is 5.13 Å². The summed E-state index contributed by atoms with van der Waals surface area (Å²) in [6, 6.07) is 6.82. The van der Waals surface area contributed by atoms with E-state index in [1.54, 1.807) is 15.6 Å². The molecule has 0 saturated carbocycles. The minimum absolute atomic E-state index is 0.107. The lowest BCUT2D eigenvalue weighted by Crippen LogP contribution is -2.44. The number of hydrogen-bond acceptors (Lipinski definition) is 6. The van der Waals surface area contributed by atoms with Gasteiger partial charge in [-0.25, -0.2) is 9.37 Å². The molecule has 1 amide bonds. The van der Waals surface area contributed by atoms with E-state index in [2.05, 4.69) is 15.0 Å². The first kappa shape index (κ1) is 19.9. The van der Waals surface area contributed by atoms with Crippen LogP contribution in [0.4, 0.5) is 9.52 Å². The second-order valence-electron chi connectivity index (χ2n) is 7.17. The Bertz CT molecular complexity index is 1010. The standard InChI is InChI=1S/C20H24FN5O2S/c1-14-12-15(2)26(23-14)13-18(27)25(7-6-24-8-10-28-11-9-24)20-22-19-16(21)4-3-5-17(19)29-20/h3-5,12H,6-11,13H2,1-2H3. The third-order valence-corrected chi connectivity index (χ3v) is 6.07. The van der Waals surface area contributed by atoms with Gasteiger partial charge < -0.3 is 4.74 Å². The van der Waals surface area contributed by atoms with Gasteiger partial charge in [0.25, 0.3) is 5.91 Å². The molecular weight excluding hydrogens is 393 g/mol. The summed E-state index contributed by atoms with van der Waals surface area (Å²) in [6.07, 6.45) is 0. The predicted octanol–water partition coefficient (Wildman–Crippen LogP) is 2.61. The molecule has 0 unspecified atom stereocenters. The second-order valence-corrected chi connectivity index (χ2v) is 8.18. The zero-order chi connectivity index (χ0) is 20.4. The van der Waals surface area contributed by atoms with Crippen molar-refractivity contribution in [2.45, 2.75) is 20.4 Å². The summed E-state index contributed by atoms with van der Waals surface area (Å²) in [5.74, 6) is -0.479. The third kappa shape index (κ3) is 4.47. The molecule has 4 rings (SSSR count). The van der Waals surface area contributed by atoms with Crippen LogP contribution in [0.5, 0.6) is 0 Å². The van der Waals surface area contributed by atoms with Crippen molar-refractivity contribution in [1.82, 2.24) is 19.7 Å². The van der Waals surface area contributed by atoms with Gasteiger partial charge in [0.05, 0.1) is 23.6 Å². The highest BCUT2D eigenvalue weighted by molar-refractivity contribution is 7.22. The van der Waals surface area contributed by atoms with Crippen LogP contribution >= 0.6 is 11.3 Å². The molecule has 7 nitrogen and oxygen atoms in total. The first-order chi connectivity index (χ1) is 14.0. The Balaban J connectivity index is 1.59. The van der Waals surface area contributed by atoms with Gasteiger partial charge in [0, 0.05) is 31.9 Å². The van der Waals surface area contributed by atoms with Crippen LogP contribution in [0, 0.1) is 19.7 Å². The SMILES string of the molecule is Cc1cc(C)n(CC(=O)N(CCN2CCOCC2)c2nc3c(F)cccc3s2)n1. The fourth-order valence-electron chi connectivity index (χ4n) is 3.46. The molecule has 154 valence electrons. The van der Waals surface area contributed by atoms with Crippen LogP contribution in [0.2, 0.25) is 0 Å². The maximum Gasteiger partial charge on any atom is 0.250 e. The van der Waals surface area contributed by atoms with Crippen molar-refractivity contribution in [3.63, 3.8) is 0 Å². The zero-order valence-corrected chi connectivity index (χ0v) is 17.4. The molecule has 29 heavy (non-hydrogen) atoms. The first-order valence-electron chi connectivity index (χ1n) is 9.68. The van der Waals surface area contributed by atoms with E-state index in [0.717, 1.165) is 29.2 Å². The Morgan fingerprint density at radius 3 is 2.79 bits per heavy atom.